The first-order chi connectivity index (χ1) is 13.2. The minimum absolute atomic E-state index is 0.325. The molecule has 2 aliphatic heterocycles. The maximum Gasteiger partial charge on any atom is 0.191 e. The van der Waals surface area contributed by atoms with Crippen LogP contribution in [-0.4, -0.2) is 49.7 Å². The first-order valence-corrected chi connectivity index (χ1v) is 10.7. The quantitative estimate of drug-likeness (QED) is 0.570. The van der Waals surface area contributed by atoms with Crippen LogP contribution in [0.25, 0.3) is 0 Å². The summed E-state index contributed by atoms with van der Waals surface area (Å²) in [6, 6.07) is 8.96. The predicted octanol–water partition coefficient (Wildman–Crippen LogP) is 3.15. The van der Waals surface area contributed by atoms with Crippen molar-refractivity contribution in [3.8, 4) is 0 Å². The maximum atomic E-state index is 5.68. The van der Waals surface area contributed by atoms with Crippen LogP contribution in [0.15, 0.2) is 29.3 Å². The van der Waals surface area contributed by atoms with Crippen molar-refractivity contribution in [2.45, 2.75) is 58.7 Å². The third-order valence-corrected chi connectivity index (χ3v) is 5.46. The molecule has 0 bridgehead atoms. The van der Waals surface area contributed by atoms with Crippen molar-refractivity contribution in [2.75, 3.05) is 32.8 Å². The molecule has 2 heterocycles. The highest BCUT2D eigenvalue weighted by atomic mass is 16.5. The molecular weight excluding hydrogens is 336 g/mol. The summed E-state index contributed by atoms with van der Waals surface area (Å²) in [6.45, 7) is 11.3. The van der Waals surface area contributed by atoms with Crippen molar-refractivity contribution in [3.05, 3.63) is 35.4 Å². The Morgan fingerprint density at radius 3 is 2.67 bits per heavy atom. The highest BCUT2D eigenvalue weighted by molar-refractivity contribution is 5.79. The first-order valence-electron chi connectivity index (χ1n) is 10.7. The molecule has 2 fully saturated rings. The highest BCUT2D eigenvalue weighted by Crippen LogP contribution is 2.18. The minimum atomic E-state index is 0.325. The second-order valence-corrected chi connectivity index (χ2v) is 8.01. The average Bonchev–Trinajstić information content (AvgIpc) is 3.19. The Morgan fingerprint density at radius 2 is 1.96 bits per heavy atom. The molecule has 3 rings (SSSR count). The van der Waals surface area contributed by atoms with Crippen LogP contribution in [0.5, 0.6) is 0 Å². The van der Waals surface area contributed by atoms with Crippen LogP contribution in [0.4, 0.5) is 0 Å². The number of likely N-dealkylation sites (tertiary alicyclic amines) is 1. The van der Waals surface area contributed by atoms with Crippen molar-refractivity contribution in [2.24, 2.45) is 10.9 Å². The summed E-state index contributed by atoms with van der Waals surface area (Å²) in [5.41, 5.74) is 2.65. The van der Waals surface area contributed by atoms with Crippen LogP contribution in [0.1, 0.15) is 50.7 Å². The standard InChI is InChI=1S/C22H36N4O/c1-3-23-22(25-15-21-7-5-13-27-21)24-14-19-8-10-20(11-9-19)17-26-12-4-6-18(2)16-26/h8-11,18,21H,3-7,12-17H2,1-2H3,(H2,23,24,25). The minimum Gasteiger partial charge on any atom is -0.376 e. The molecule has 2 saturated heterocycles. The smallest absolute Gasteiger partial charge is 0.191 e. The fraction of sp³-hybridized carbons (Fsp3) is 0.682. The largest absolute Gasteiger partial charge is 0.376 e. The number of benzene rings is 1. The van der Waals surface area contributed by atoms with Gasteiger partial charge in [0.15, 0.2) is 5.96 Å². The van der Waals surface area contributed by atoms with Crippen molar-refractivity contribution in [1.29, 1.82) is 0 Å². The number of nitrogens with zero attached hydrogens (tertiary/aromatic N) is 2. The molecule has 0 amide bonds. The van der Waals surface area contributed by atoms with Gasteiger partial charge in [0.05, 0.1) is 12.6 Å². The van der Waals surface area contributed by atoms with E-state index in [0.29, 0.717) is 12.6 Å². The molecule has 0 saturated carbocycles. The van der Waals surface area contributed by atoms with Gasteiger partial charge in [0, 0.05) is 32.8 Å². The van der Waals surface area contributed by atoms with E-state index in [-0.39, 0.29) is 0 Å². The van der Waals surface area contributed by atoms with E-state index in [1.807, 2.05) is 0 Å². The van der Waals surface area contributed by atoms with Gasteiger partial charge in [-0.25, -0.2) is 4.99 Å². The zero-order valence-corrected chi connectivity index (χ0v) is 17.0. The summed E-state index contributed by atoms with van der Waals surface area (Å²) in [6.07, 6.45) is 5.35. The number of rotatable bonds is 7. The van der Waals surface area contributed by atoms with Crippen LogP contribution < -0.4 is 10.6 Å². The van der Waals surface area contributed by atoms with E-state index >= 15 is 0 Å². The number of hydrogen-bond donors (Lipinski definition) is 2. The Kier molecular flexibility index (Phi) is 7.96. The SMILES string of the molecule is CCNC(=NCc1ccc(CN2CCCC(C)C2)cc1)NCC1CCCO1. The van der Waals surface area contributed by atoms with E-state index in [9.17, 15) is 0 Å². The molecule has 0 radical (unpaired) electrons. The Morgan fingerprint density at radius 1 is 1.15 bits per heavy atom. The number of piperidine rings is 1. The van der Waals surface area contributed by atoms with Crippen LogP contribution in [0.3, 0.4) is 0 Å². The van der Waals surface area contributed by atoms with Crippen molar-refractivity contribution < 1.29 is 4.74 Å². The summed E-state index contributed by atoms with van der Waals surface area (Å²) in [5.74, 6) is 1.71. The van der Waals surface area contributed by atoms with Gasteiger partial charge < -0.3 is 15.4 Å². The molecule has 2 aliphatic rings. The number of hydrogen-bond acceptors (Lipinski definition) is 3. The van der Waals surface area contributed by atoms with Gasteiger partial charge in [-0.05, 0) is 56.2 Å². The number of nitrogens with one attached hydrogen (secondary N) is 2. The lowest BCUT2D eigenvalue weighted by atomic mass is 9.99. The number of ether oxygens (including phenoxy) is 1. The molecule has 2 unspecified atom stereocenters. The van der Waals surface area contributed by atoms with E-state index < -0.39 is 0 Å². The van der Waals surface area contributed by atoms with Gasteiger partial charge in [-0.1, -0.05) is 31.2 Å². The average molecular weight is 373 g/mol. The Hall–Kier alpha value is -1.59. The molecule has 0 spiro atoms. The van der Waals surface area contributed by atoms with Crippen LogP contribution in [0.2, 0.25) is 0 Å². The zero-order valence-electron chi connectivity index (χ0n) is 17.0. The molecule has 1 aromatic rings. The number of aliphatic imine (C=N–C) groups is 1. The van der Waals surface area contributed by atoms with Crippen LogP contribution in [0, 0.1) is 5.92 Å². The van der Waals surface area contributed by atoms with Gasteiger partial charge in [-0.2, -0.15) is 0 Å². The number of guanidine groups is 1. The highest BCUT2D eigenvalue weighted by Gasteiger charge is 2.16. The van der Waals surface area contributed by atoms with E-state index in [2.05, 4.69) is 53.6 Å². The van der Waals surface area contributed by atoms with Crippen LogP contribution >= 0.6 is 0 Å². The Balaban J connectivity index is 1.48. The lowest BCUT2D eigenvalue weighted by molar-refractivity contribution is 0.114. The molecular formula is C22H36N4O. The Labute approximate surface area is 164 Å². The summed E-state index contributed by atoms with van der Waals surface area (Å²) in [7, 11) is 0. The predicted molar refractivity (Wildman–Crippen MR) is 112 cm³/mol. The first kappa shape index (κ1) is 20.2. The van der Waals surface area contributed by atoms with Gasteiger partial charge >= 0.3 is 0 Å². The molecule has 27 heavy (non-hydrogen) atoms. The maximum absolute atomic E-state index is 5.68. The molecule has 2 N–H and O–H groups in total. The van der Waals surface area contributed by atoms with Gasteiger partial charge in [0.25, 0.3) is 0 Å². The van der Waals surface area contributed by atoms with E-state index in [1.54, 1.807) is 0 Å². The van der Waals surface area contributed by atoms with Crippen LogP contribution in [-0.2, 0) is 17.8 Å². The normalized spacial score (nSPS) is 24.1. The molecule has 0 aromatic heterocycles. The summed E-state index contributed by atoms with van der Waals surface area (Å²) < 4.78 is 5.68. The van der Waals surface area contributed by atoms with Gasteiger partial charge in [0.2, 0.25) is 0 Å². The second-order valence-electron chi connectivity index (χ2n) is 8.01. The summed E-state index contributed by atoms with van der Waals surface area (Å²) >= 11 is 0. The van der Waals surface area contributed by atoms with Crippen molar-refractivity contribution in [3.63, 3.8) is 0 Å². The monoisotopic (exact) mass is 372 g/mol. The van der Waals surface area contributed by atoms with Crippen molar-refractivity contribution >= 4 is 5.96 Å². The third kappa shape index (κ3) is 6.82. The Bertz CT molecular complexity index is 580. The molecule has 1 aromatic carbocycles. The molecule has 5 nitrogen and oxygen atoms in total. The van der Waals surface area contributed by atoms with E-state index in [4.69, 9.17) is 9.73 Å². The summed E-state index contributed by atoms with van der Waals surface area (Å²) in [5, 5.41) is 6.73. The molecule has 5 heteroatoms. The lowest BCUT2D eigenvalue weighted by Gasteiger charge is -2.30. The van der Waals surface area contributed by atoms with Gasteiger partial charge in [-0.15, -0.1) is 0 Å². The fourth-order valence-corrected chi connectivity index (χ4v) is 3.97. The van der Waals surface area contributed by atoms with E-state index in [0.717, 1.165) is 44.5 Å². The van der Waals surface area contributed by atoms with E-state index in [1.165, 1.54) is 43.5 Å². The van der Waals surface area contributed by atoms with Crippen molar-refractivity contribution in [1.82, 2.24) is 15.5 Å². The molecule has 150 valence electrons. The topological polar surface area (TPSA) is 48.9 Å². The second kappa shape index (κ2) is 10.7. The fourth-order valence-electron chi connectivity index (χ4n) is 3.97. The summed E-state index contributed by atoms with van der Waals surface area (Å²) in [4.78, 5) is 7.31. The zero-order chi connectivity index (χ0) is 18.9. The lowest BCUT2D eigenvalue weighted by Crippen LogP contribution is -2.41. The van der Waals surface area contributed by atoms with Gasteiger partial charge in [0.1, 0.15) is 0 Å². The van der Waals surface area contributed by atoms with Gasteiger partial charge in [-0.3, -0.25) is 4.90 Å². The third-order valence-electron chi connectivity index (χ3n) is 5.46. The molecule has 0 aliphatic carbocycles. The molecule has 2 atom stereocenters.